The van der Waals surface area contributed by atoms with E-state index in [1.165, 1.54) is 4.88 Å². The number of halogens is 1. The van der Waals surface area contributed by atoms with Crippen LogP contribution in [0.15, 0.2) is 23.7 Å². The normalized spacial score (nSPS) is 23.2. The molecule has 0 saturated heterocycles. The first kappa shape index (κ1) is 19.3. The molecule has 0 bridgehead atoms. The third kappa shape index (κ3) is 3.53. The van der Waals surface area contributed by atoms with Gasteiger partial charge in [0.1, 0.15) is 5.69 Å². The van der Waals surface area contributed by atoms with Gasteiger partial charge in [-0.25, -0.2) is 4.98 Å². The lowest BCUT2D eigenvalue weighted by Crippen LogP contribution is -2.35. The van der Waals surface area contributed by atoms with Crippen LogP contribution in [-0.2, 0) is 4.79 Å². The minimum absolute atomic E-state index is 0.0259. The van der Waals surface area contributed by atoms with E-state index in [9.17, 15) is 4.79 Å². The quantitative estimate of drug-likeness (QED) is 0.652. The molecule has 0 spiro atoms. The summed E-state index contributed by atoms with van der Waals surface area (Å²) in [4.78, 5) is 19.6. The van der Waals surface area contributed by atoms with Crippen LogP contribution in [0.1, 0.15) is 43.9 Å². The zero-order valence-electron chi connectivity index (χ0n) is 16.1. The summed E-state index contributed by atoms with van der Waals surface area (Å²) in [5.74, 6) is 0.961. The van der Waals surface area contributed by atoms with Crippen molar-refractivity contribution in [1.82, 2.24) is 4.98 Å². The molecule has 8 heteroatoms. The average molecular weight is 420 g/mol. The number of nitrogens with zero attached hydrogens (tertiary/aromatic N) is 2. The van der Waals surface area contributed by atoms with E-state index in [0.717, 1.165) is 41.5 Å². The Labute approximate surface area is 174 Å². The molecule has 4 rings (SSSR count). The van der Waals surface area contributed by atoms with Gasteiger partial charge in [0.05, 0.1) is 17.4 Å². The molecule has 2 aromatic rings. The van der Waals surface area contributed by atoms with Crippen LogP contribution in [0.3, 0.4) is 0 Å². The molecule has 0 radical (unpaired) electrons. The largest absolute Gasteiger partial charge is 0.380 e. The Morgan fingerprint density at radius 3 is 2.93 bits per heavy atom. The van der Waals surface area contributed by atoms with Gasteiger partial charge >= 0.3 is 0 Å². The summed E-state index contributed by atoms with van der Waals surface area (Å²) in [5.41, 5.74) is 7.68. The maximum atomic E-state index is 11.6. The summed E-state index contributed by atoms with van der Waals surface area (Å²) < 4.78 is 0. The molecule has 2 aromatic heterocycles. The number of hydrogen-bond acceptors (Lipinski definition) is 6. The summed E-state index contributed by atoms with van der Waals surface area (Å²) in [6.07, 6.45) is 4.47. The molecular formula is C20H26ClN5OS. The number of carbonyl (C=O) groups excluding carboxylic acids is 1. The number of amides is 1. The van der Waals surface area contributed by atoms with E-state index in [1.54, 1.807) is 11.3 Å². The zero-order chi connectivity index (χ0) is 19.8. The Morgan fingerprint density at radius 2 is 2.25 bits per heavy atom. The number of thiophene rings is 1. The number of nitrogens with one attached hydrogen (secondary N) is 2. The molecule has 1 aliphatic heterocycles. The molecule has 3 heterocycles. The van der Waals surface area contributed by atoms with E-state index in [4.69, 9.17) is 17.3 Å². The lowest BCUT2D eigenvalue weighted by Gasteiger charge is -2.29. The van der Waals surface area contributed by atoms with Crippen LogP contribution in [-0.4, -0.2) is 29.6 Å². The Bertz CT molecular complexity index is 872. The Morgan fingerprint density at radius 1 is 1.43 bits per heavy atom. The smallest absolute Gasteiger partial charge is 0.220 e. The summed E-state index contributed by atoms with van der Waals surface area (Å²) in [5, 5.41) is 9.93. The molecule has 4 unspecified atom stereocenters. The predicted octanol–water partition coefficient (Wildman–Crippen LogP) is 4.24. The second kappa shape index (κ2) is 7.79. The van der Waals surface area contributed by atoms with Crippen molar-refractivity contribution in [2.75, 3.05) is 22.2 Å². The summed E-state index contributed by atoms with van der Waals surface area (Å²) in [7, 11) is 0. The second-order valence-electron chi connectivity index (χ2n) is 7.78. The van der Waals surface area contributed by atoms with Crippen molar-refractivity contribution in [3.63, 3.8) is 0 Å². The number of aromatic nitrogens is 1. The first-order valence-corrected chi connectivity index (χ1v) is 11.0. The molecule has 4 atom stereocenters. The molecule has 4 N–H and O–H groups in total. The highest BCUT2D eigenvalue weighted by molar-refractivity contribution is 7.10. The highest BCUT2D eigenvalue weighted by atomic mass is 35.5. The fourth-order valence-corrected chi connectivity index (χ4v) is 5.66. The monoisotopic (exact) mass is 419 g/mol. The van der Waals surface area contributed by atoms with E-state index < -0.39 is 0 Å². The molecule has 1 fully saturated rings. The van der Waals surface area contributed by atoms with Gasteiger partial charge in [0.25, 0.3) is 0 Å². The predicted molar refractivity (Wildman–Crippen MR) is 116 cm³/mol. The fourth-order valence-electron chi connectivity index (χ4n) is 4.27. The molecule has 28 heavy (non-hydrogen) atoms. The molecule has 1 saturated carbocycles. The summed E-state index contributed by atoms with van der Waals surface area (Å²) >= 11 is 8.04. The van der Waals surface area contributed by atoms with Crippen LogP contribution in [0.4, 0.5) is 17.2 Å². The van der Waals surface area contributed by atoms with E-state index in [-0.39, 0.29) is 23.8 Å². The number of primary amides is 1. The van der Waals surface area contributed by atoms with Gasteiger partial charge in [0.15, 0.2) is 5.82 Å². The van der Waals surface area contributed by atoms with Crippen molar-refractivity contribution in [2.45, 2.75) is 51.1 Å². The van der Waals surface area contributed by atoms with Crippen molar-refractivity contribution >= 4 is 46.0 Å². The topological polar surface area (TPSA) is 83.3 Å². The number of nitrogens with two attached hydrogens (primary N) is 1. The van der Waals surface area contributed by atoms with Gasteiger partial charge in [-0.05, 0) is 43.7 Å². The average Bonchev–Trinajstić information content (AvgIpc) is 3.39. The van der Waals surface area contributed by atoms with Crippen molar-refractivity contribution in [2.24, 2.45) is 11.7 Å². The number of rotatable bonds is 6. The minimum Gasteiger partial charge on any atom is -0.380 e. The number of carbonyl (C=O) groups is 1. The van der Waals surface area contributed by atoms with E-state index >= 15 is 0 Å². The second-order valence-corrected chi connectivity index (χ2v) is 9.14. The van der Waals surface area contributed by atoms with Gasteiger partial charge in [-0.2, -0.15) is 0 Å². The maximum absolute atomic E-state index is 11.6. The Hall–Kier alpha value is -1.99. The van der Waals surface area contributed by atoms with Crippen LogP contribution >= 0.6 is 22.9 Å². The first-order chi connectivity index (χ1) is 13.5. The van der Waals surface area contributed by atoms with Gasteiger partial charge in [0.2, 0.25) is 5.91 Å². The number of hydrogen-bond donors (Lipinski definition) is 3. The zero-order valence-corrected chi connectivity index (χ0v) is 17.7. The number of anilines is 3. The lowest BCUT2D eigenvalue weighted by atomic mass is 10.0. The van der Waals surface area contributed by atoms with Crippen LogP contribution in [0.5, 0.6) is 0 Å². The van der Waals surface area contributed by atoms with E-state index in [1.807, 2.05) is 23.7 Å². The van der Waals surface area contributed by atoms with E-state index in [2.05, 4.69) is 34.4 Å². The molecule has 0 aromatic carbocycles. The molecule has 6 nitrogen and oxygen atoms in total. The summed E-state index contributed by atoms with van der Waals surface area (Å²) in [6.45, 7) is 5.08. The van der Waals surface area contributed by atoms with Crippen molar-refractivity contribution in [3.05, 3.63) is 33.6 Å². The van der Waals surface area contributed by atoms with Gasteiger partial charge in [0, 0.05) is 35.0 Å². The first-order valence-electron chi connectivity index (χ1n) is 9.74. The van der Waals surface area contributed by atoms with E-state index in [0.29, 0.717) is 12.7 Å². The highest BCUT2D eigenvalue weighted by Crippen LogP contribution is 2.43. The SMILES string of the molecule is CC(Nc1ccnc2c1N(C1CCC(C(N)=O)C1)CN2)C(C)c1sccc1Cl. The molecule has 1 amide bonds. The van der Waals surface area contributed by atoms with Crippen LogP contribution in [0.25, 0.3) is 0 Å². The van der Waals surface area contributed by atoms with Crippen LogP contribution in [0, 0.1) is 5.92 Å². The maximum Gasteiger partial charge on any atom is 0.220 e. The fraction of sp³-hybridized carbons (Fsp3) is 0.500. The van der Waals surface area contributed by atoms with Crippen LogP contribution < -0.4 is 21.3 Å². The summed E-state index contributed by atoms with van der Waals surface area (Å²) in [6, 6.07) is 4.48. The van der Waals surface area contributed by atoms with Gasteiger partial charge in [-0.1, -0.05) is 18.5 Å². The third-order valence-electron chi connectivity index (χ3n) is 6.07. The molecule has 2 aliphatic rings. The molecular weight excluding hydrogens is 394 g/mol. The molecule has 1 aliphatic carbocycles. The van der Waals surface area contributed by atoms with Crippen molar-refractivity contribution < 1.29 is 4.79 Å². The van der Waals surface area contributed by atoms with Gasteiger partial charge in [-0.3, -0.25) is 4.79 Å². The third-order valence-corrected chi connectivity index (χ3v) is 7.63. The molecule has 150 valence electrons. The van der Waals surface area contributed by atoms with Gasteiger partial charge < -0.3 is 21.3 Å². The minimum atomic E-state index is -0.185. The lowest BCUT2D eigenvalue weighted by molar-refractivity contribution is -0.121. The standard InChI is InChI=1S/C20H26ClN5OS/c1-11(18-15(21)6-8-28-18)12(2)25-16-5-7-23-20-17(16)26(10-24-20)14-4-3-13(9-14)19(22)27/h5-8,11-14H,3-4,9-10H2,1-2H3,(H2,22,27)(H2,23,24,25). The Kier molecular flexibility index (Phi) is 5.38. The highest BCUT2D eigenvalue weighted by Gasteiger charge is 2.36. The van der Waals surface area contributed by atoms with Crippen molar-refractivity contribution in [3.8, 4) is 0 Å². The van der Waals surface area contributed by atoms with Crippen molar-refractivity contribution in [1.29, 1.82) is 0 Å². The number of pyridine rings is 1. The Balaban J connectivity index is 1.55. The number of fused-ring (bicyclic) bond motifs is 1. The van der Waals surface area contributed by atoms with Crippen LogP contribution in [0.2, 0.25) is 5.02 Å². The van der Waals surface area contributed by atoms with Gasteiger partial charge in [-0.15, -0.1) is 11.3 Å².